The third-order valence-electron chi connectivity index (χ3n) is 3.38. The van der Waals surface area contributed by atoms with E-state index in [2.05, 4.69) is 12.2 Å². The fraction of sp³-hybridized carbons (Fsp3) is 0.846. The maximum Gasteiger partial charge on any atom is 0.245 e. The van der Waals surface area contributed by atoms with Crippen molar-refractivity contribution in [3.63, 3.8) is 0 Å². The Morgan fingerprint density at radius 3 is 2.61 bits per heavy atom. The van der Waals surface area contributed by atoms with Crippen molar-refractivity contribution in [2.45, 2.75) is 45.7 Å². The van der Waals surface area contributed by atoms with Crippen molar-refractivity contribution in [3.8, 4) is 0 Å². The number of nitrogens with one attached hydrogen (secondary N) is 1. The van der Waals surface area contributed by atoms with Crippen LogP contribution in [0.3, 0.4) is 0 Å². The molecule has 1 rings (SSSR count). The van der Waals surface area contributed by atoms with Crippen LogP contribution in [0.25, 0.3) is 0 Å². The number of hydrogen-bond acceptors (Lipinski definition) is 3. The summed E-state index contributed by atoms with van der Waals surface area (Å²) >= 11 is 1.75. The lowest BCUT2D eigenvalue weighted by molar-refractivity contribution is -0.136. The van der Waals surface area contributed by atoms with Crippen molar-refractivity contribution in [3.05, 3.63) is 0 Å². The molecule has 0 aromatic heterocycles. The molecule has 1 aliphatic heterocycles. The highest BCUT2D eigenvalue weighted by Gasteiger charge is 2.34. The summed E-state index contributed by atoms with van der Waals surface area (Å²) in [5, 5.41) is 2.84. The van der Waals surface area contributed by atoms with E-state index in [1.807, 2.05) is 25.0 Å². The Hall–Kier alpha value is -0.710. The molecule has 2 amide bonds. The van der Waals surface area contributed by atoms with E-state index >= 15 is 0 Å². The molecule has 2 atom stereocenters. The van der Waals surface area contributed by atoms with Crippen LogP contribution in [0, 0.1) is 5.92 Å². The van der Waals surface area contributed by atoms with Gasteiger partial charge >= 0.3 is 0 Å². The number of amides is 2. The summed E-state index contributed by atoms with van der Waals surface area (Å²) in [5.41, 5.74) is 0. The lowest BCUT2D eigenvalue weighted by atomic mass is 10.0. The van der Waals surface area contributed by atoms with Crippen LogP contribution in [0.15, 0.2) is 0 Å². The first-order chi connectivity index (χ1) is 8.51. The topological polar surface area (TPSA) is 49.4 Å². The van der Waals surface area contributed by atoms with Gasteiger partial charge in [0.15, 0.2) is 0 Å². The second-order valence-corrected chi connectivity index (χ2v) is 6.00. The molecule has 0 saturated carbocycles. The van der Waals surface area contributed by atoms with E-state index in [-0.39, 0.29) is 29.8 Å². The minimum Gasteiger partial charge on any atom is -0.344 e. The summed E-state index contributed by atoms with van der Waals surface area (Å²) < 4.78 is 0. The summed E-state index contributed by atoms with van der Waals surface area (Å²) in [6, 6.07) is -0.127. The first kappa shape index (κ1) is 15.3. The SMILES string of the molecule is CCC(CSC)N1CCC(=O)NC(C(C)C)C1=O. The molecular formula is C13H24N2O2S. The molecule has 0 bridgehead atoms. The molecule has 0 spiro atoms. The molecule has 104 valence electrons. The average molecular weight is 272 g/mol. The Kier molecular flexibility index (Phi) is 5.99. The fourth-order valence-corrected chi connectivity index (χ4v) is 3.05. The molecule has 2 unspecified atom stereocenters. The van der Waals surface area contributed by atoms with Gasteiger partial charge in [0.05, 0.1) is 0 Å². The van der Waals surface area contributed by atoms with Gasteiger partial charge in [-0.2, -0.15) is 11.8 Å². The number of hydrogen-bond donors (Lipinski definition) is 1. The minimum atomic E-state index is -0.365. The molecule has 4 nitrogen and oxygen atoms in total. The Labute approximate surface area is 114 Å². The molecule has 5 heteroatoms. The lowest BCUT2D eigenvalue weighted by Gasteiger charge is -2.32. The summed E-state index contributed by atoms with van der Waals surface area (Å²) in [7, 11) is 0. The second-order valence-electron chi connectivity index (χ2n) is 5.09. The lowest BCUT2D eigenvalue weighted by Crippen LogP contribution is -2.51. The van der Waals surface area contributed by atoms with Crippen LogP contribution in [-0.2, 0) is 9.59 Å². The van der Waals surface area contributed by atoms with Gasteiger partial charge in [0.25, 0.3) is 0 Å². The highest BCUT2D eigenvalue weighted by atomic mass is 32.2. The summed E-state index contributed by atoms with van der Waals surface area (Å²) in [5.74, 6) is 1.13. The molecule has 0 aliphatic carbocycles. The Bertz CT molecular complexity index is 307. The molecule has 1 N–H and O–H groups in total. The first-order valence-electron chi connectivity index (χ1n) is 6.60. The summed E-state index contributed by atoms with van der Waals surface area (Å²) in [6.07, 6.45) is 3.40. The van der Waals surface area contributed by atoms with E-state index < -0.39 is 0 Å². The Morgan fingerprint density at radius 1 is 1.44 bits per heavy atom. The smallest absolute Gasteiger partial charge is 0.245 e. The van der Waals surface area contributed by atoms with Crippen LogP contribution >= 0.6 is 11.8 Å². The number of rotatable bonds is 5. The highest BCUT2D eigenvalue weighted by molar-refractivity contribution is 7.98. The van der Waals surface area contributed by atoms with Gasteiger partial charge in [0, 0.05) is 24.8 Å². The Balaban J connectivity index is 2.88. The van der Waals surface area contributed by atoms with Crippen LogP contribution in [0.2, 0.25) is 0 Å². The molecule has 18 heavy (non-hydrogen) atoms. The first-order valence-corrected chi connectivity index (χ1v) is 7.99. The van der Waals surface area contributed by atoms with Gasteiger partial charge in [0.2, 0.25) is 11.8 Å². The van der Waals surface area contributed by atoms with E-state index in [1.165, 1.54) is 0 Å². The molecule has 1 aliphatic rings. The van der Waals surface area contributed by atoms with Gasteiger partial charge in [-0.15, -0.1) is 0 Å². The van der Waals surface area contributed by atoms with E-state index in [1.54, 1.807) is 11.8 Å². The van der Waals surface area contributed by atoms with Gasteiger partial charge in [-0.25, -0.2) is 0 Å². The van der Waals surface area contributed by atoms with Crippen LogP contribution in [0.4, 0.5) is 0 Å². The Morgan fingerprint density at radius 2 is 2.11 bits per heavy atom. The van der Waals surface area contributed by atoms with E-state index in [0.717, 1.165) is 12.2 Å². The third-order valence-corrected chi connectivity index (χ3v) is 4.10. The minimum absolute atomic E-state index is 0.0106. The zero-order valence-corrected chi connectivity index (χ0v) is 12.5. The molecule has 0 aromatic carbocycles. The van der Waals surface area contributed by atoms with Crippen LogP contribution in [0.5, 0.6) is 0 Å². The van der Waals surface area contributed by atoms with Crippen molar-refractivity contribution >= 4 is 23.6 Å². The molecular weight excluding hydrogens is 248 g/mol. The van der Waals surface area contributed by atoms with Crippen molar-refractivity contribution in [1.82, 2.24) is 10.2 Å². The van der Waals surface area contributed by atoms with Gasteiger partial charge in [-0.3, -0.25) is 9.59 Å². The highest BCUT2D eigenvalue weighted by Crippen LogP contribution is 2.17. The van der Waals surface area contributed by atoms with Crippen molar-refractivity contribution in [2.24, 2.45) is 5.92 Å². The van der Waals surface area contributed by atoms with Gasteiger partial charge < -0.3 is 10.2 Å². The van der Waals surface area contributed by atoms with Gasteiger partial charge in [-0.1, -0.05) is 20.8 Å². The monoisotopic (exact) mass is 272 g/mol. The van der Waals surface area contributed by atoms with Crippen molar-refractivity contribution < 1.29 is 9.59 Å². The summed E-state index contributed by atoms with van der Waals surface area (Å²) in [4.78, 5) is 26.1. The number of carbonyl (C=O) groups excluding carboxylic acids is 2. The molecule has 1 heterocycles. The van der Waals surface area contributed by atoms with E-state index in [4.69, 9.17) is 0 Å². The number of nitrogens with zero attached hydrogens (tertiary/aromatic N) is 1. The quantitative estimate of drug-likeness (QED) is 0.825. The maximum atomic E-state index is 12.5. The van der Waals surface area contributed by atoms with E-state index in [0.29, 0.717) is 13.0 Å². The summed E-state index contributed by atoms with van der Waals surface area (Å²) in [6.45, 7) is 6.59. The van der Waals surface area contributed by atoms with Gasteiger partial charge in [-0.05, 0) is 18.6 Å². The third kappa shape index (κ3) is 3.64. The molecule has 0 aromatic rings. The van der Waals surface area contributed by atoms with E-state index in [9.17, 15) is 9.59 Å². The van der Waals surface area contributed by atoms with Crippen LogP contribution in [-0.4, -0.2) is 47.4 Å². The zero-order chi connectivity index (χ0) is 13.7. The predicted molar refractivity (Wildman–Crippen MR) is 75.6 cm³/mol. The normalized spacial score (nSPS) is 22.9. The average Bonchev–Trinajstić information content (AvgIpc) is 2.47. The standard InChI is InChI=1S/C13H24N2O2S/c1-5-10(8-18-4)15-7-6-11(16)14-12(9(2)3)13(15)17/h9-10,12H,5-8H2,1-4H3,(H,14,16). The zero-order valence-electron chi connectivity index (χ0n) is 11.7. The number of thioether (sulfide) groups is 1. The van der Waals surface area contributed by atoms with Crippen LogP contribution < -0.4 is 5.32 Å². The van der Waals surface area contributed by atoms with Crippen molar-refractivity contribution in [1.29, 1.82) is 0 Å². The second kappa shape index (κ2) is 7.02. The predicted octanol–water partition coefficient (Wildman–Crippen LogP) is 1.50. The maximum absolute atomic E-state index is 12.5. The fourth-order valence-electron chi connectivity index (χ4n) is 2.25. The number of carbonyl (C=O) groups is 2. The van der Waals surface area contributed by atoms with Gasteiger partial charge in [0.1, 0.15) is 6.04 Å². The van der Waals surface area contributed by atoms with Crippen LogP contribution in [0.1, 0.15) is 33.6 Å². The largest absolute Gasteiger partial charge is 0.344 e. The molecule has 0 radical (unpaired) electrons. The molecule has 1 fully saturated rings. The van der Waals surface area contributed by atoms with Crippen molar-refractivity contribution in [2.75, 3.05) is 18.6 Å². The molecule has 1 saturated heterocycles.